The Kier molecular flexibility index (Phi) is 9.21. The number of amides is 2. The van der Waals surface area contributed by atoms with E-state index in [1.165, 1.54) is 12.3 Å². The highest BCUT2D eigenvalue weighted by molar-refractivity contribution is 5.93. The van der Waals surface area contributed by atoms with E-state index in [0.29, 0.717) is 19.4 Å². The number of esters is 1. The van der Waals surface area contributed by atoms with Crippen molar-refractivity contribution in [2.75, 3.05) is 13.2 Å². The predicted octanol–water partition coefficient (Wildman–Crippen LogP) is 2.04. The number of ether oxygens (including phenoxy) is 3. The molecule has 0 aliphatic carbocycles. The van der Waals surface area contributed by atoms with Gasteiger partial charge in [-0.1, -0.05) is 27.7 Å². The Labute approximate surface area is 158 Å². The molecule has 0 bridgehead atoms. The lowest BCUT2D eigenvalue weighted by Gasteiger charge is -2.16. The number of hydrogen-bond donors (Lipinski definition) is 2. The topological polar surface area (TPSA) is 130 Å². The van der Waals surface area contributed by atoms with E-state index in [2.05, 4.69) is 4.98 Å². The standard InChI is InChI=1S/C18H27N3O6/c1-5-13(6-2)26-17(23)12-7-14(25-10-11(3)4)16(20-9-12)27-18(24)21-15(22)8-19/h7,9,11,13H,5-6,8,10,19H2,1-4H3,(H,21,22,24). The molecule has 0 saturated heterocycles. The van der Waals surface area contributed by atoms with Crippen molar-refractivity contribution in [2.45, 2.75) is 46.6 Å². The molecule has 2 amide bonds. The van der Waals surface area contributed by atoms with E-state index in [-0.39, 0.29) is 35.8 Å². The highest BCUT2D eigenvalue weighted by Crippen LogP contribution is 2.27. The quantitative estimate of drug-likeness (QED) is 0.622. The van der Waals surface area contributed by atoms with Crippen LogP contribution in [0, 0.1) is 5.92 Å². The molecule has 1 heterocycles. The average molecular weight is 381 g/mol. The summed E-state index contributed by atoms with van der Waals surface area (Å²) >= 11 is 0. The molecule has 0 spiro atoms. The van der Waals surface area contributed by atoms with Gasteiger partial charge in [-0.15, -0.1) is 0 Å². The van der Waals surface area contributed by atoms with Crippen molar-refractivity contribution in [1.82, 2.24) is 10.3 Å². The van der Waals surface area contributed by atoms with E-state index in [0.717, 1.165) is 0 Å². The second kappa shape index (κ2) is 11.1. The molecule has 150 valence electrons. The highest BCUT2D eigenvalue weighted by Gasteiger charge is 2.19. The molecule has 27 heavy (non-hydrogen) atoms. The summed E-state index contributed by atoms with van der Waals surface area (Å²) in [7, 11) is 0. The molecular weight excluding hydrogens is 354 g/mol. The van der Waals surface area contributed by atoms with Gasteiger partial charge in [-0.3, -0.25) is 10.1 Å². The Hall–Kier alpha value is -2.68. The summed E-state index contributed by atoms with van der Waals surface area (Å²) < 4.78 is 16.0. The Bertz CT molecular complexity index is 658. The number of nitrogens with one attached hydrogen (secondary N) is 1. The van der Waals surface area contributed by atoms with Crippen LogP contribution in [-0.2, 0) is 9.53 Å². The summed E-state index contributed by atoms with van der Waals surface area (Å²) in [6, 6.07) is 1.40. The van der Waals surface area contributed by atoms with E-state index in [9.17, 15) is 14.4 Å². The minimum Gasteiger partial charge on any atom is -0.488 e. The summed E-state index contributed by atoms with van der Waals surface area (Å²) in [4.78, 5) is 39.1. The third-order valence-corrected chi connectivity index (χ3v) is 3.43. The lowest BCUT2D eigenvalue weighted by molar-refractivity contribution is -0.118. The van der Waals surface area contributed by atoms with Crippen molar-refractivity contribution < 1.29 is 28.6 Å². The number of carbonyl (C=O) groups excluding carboxylic acids is 3. The number of pyridine rings is 1. The van der Waals surface area contributed by atoms with Crippen molar-refractivity contribution in [3.05, 3.63) is 17.8 Å². The molecule has 9 heteroatoms. The smallest absolute Gasteiger partial charge is 0.420 e. The number of aromatic nitrogens is 1. The summed E-state index contributed by atoms with van der Waals surface area (Å²) in [5.41, 5.74) is 5.30. The number of hydrogen-bond acceptors (Lipinski definition) is 8. The van der Waals surface area contributed by atoms with Crippen LogP contribution in [0.3, 0.4) is 0 Å². The molecule has 3 N–H and O–H groups in total. The lowest BCUT2D eigenvalue weighted by Crippen LogP contribution is -2.37. The number of carbonyl (C=O) groups is 3. The van der Waals surface area contributed by atoms with Crippen LogP contribution in [0.2, 0.25) is 0 Å². The fourth-order valence-electron chi connectivity index (χ4n) is 1.93. The van der Waals surface area contributed by atoms with E-state index < -0.39 is 18.0 Å². The van der Waals surface area contributed by atoms with Crippen LogP contribution in [0.5, 0.6) is 11.6 Å². The van der Waals surface area contributed by atoms with E-state index in [4.69, 9.17) is 19.9 Å². The van der Waals surface area contributed by atoms with E-state index >= 15 is 0 Å². The van der Waals surface area contributed by atoms with Gasteiger partial charge in [0.05, 0.1) is 18.7 Å². The first-order chi connectivity index (χ1) is 12.8. The summed E-state index contributed by atoms with van der Waals surface area (Å²) in [6.45, 7) is 7.67. The van der Waals surface area contributed by atoms with Crippen molar-refractivity contribution in [3.8, 4) is 11.6 Å². The fraction of sp³-hybridized carbons (Fsp3) is 0.556. The van der Waals surface area contributed by atoms with E-state index in [1.807, 2.05) is 33.0 Å². The maximum Gasteiger partial charge on any atom is 0.420 e. The average Bonchev–Trinajstić information content (AvgIpc) is 2.64. The van der Waals surface area contributed by atoms with Gasteiger partial charge in [-0.25, -0.2) is 14.6 Å². The van der Waals surface area contributed by atoms with Gasteiger partial charge < -0.3 is 19.9 Å². The molecule has 0 unspecified atom stereocenters. The zero-order valence-electron chi connectivity index (χ0n) is 16.1. The molecule has 0 aromatic carbocycles. The number of nitrogens with two attached hydrogens (primary N) is 1. The van der Waals surface area contributed by atoms with Gasteiger partial charge in [0.25, 0.3) is 5.88 Å². The van der Waals surface area contributed by atoms with Gasteiger partial charge in [-0.2, -0.15) is 0 Å². The molecule has 9 nitrogen and oxygen atoms in total. The normalized spacial score (nSPS) is 10.6. The third-order valence-electron chi connectivity index (χ3n) is 3.43. The van der Waals surface area contributed by atoms with Crippen LogP contribution < -0.4 is 20.5 Å². The second-order valence-electron chi connectivity index (χ2n) is 6.22. The van der Waals surface area contributed by atoms with Crippen LogP contribution in [-0.4, -0.2) is 42.2 Å². The van der Waals surface area contributed by atoms with Crippen LogP contribution in [0.25, 0.3) is 0 Å². The first-order valence-corrected chi connectivity index (χ1v) is 8.86. The van der Waals surface area contributed by atoms with Crippen molar-refractivity contribution in [1.29, 1.82) is 0 Å². The Morgan fingerprint density at radius 2 is 1.89 bits per heavy atom. The Morgan fingerprint density at radius 3 is 2.44 bits per heavy atom. The monoisotopic (exact) mass is 381 g/mol. The van der Waals surface area contributed by atoms with Gasteiger partial charge in [-0.05, 0) is 18.8 Å². The highest BCUT2D eigenvalue weighted by atomic mass is 16.6. The number of nitrogens with zero attached hydrogens (tertiary/aromatic N) is 1. The summed E-state index contributed by atoms with van der Waals surface area (Å²) in [5.74, 6) is -1.13. The minimum atomic E-state index is -1.04. The van der Waals surface area contributed by atoms with E-state index in [1.54, 1.807) is 0 Å². The first kappa shape index (κ1) is 22.4. The van der Waals surface area contributed by atoms with Crippen LogP contribution in [0.1, 0.15) is 50.9 Å². The molecule has 0 aliphatic heterocycles. The maximum absolute atomic E-state index is 12.3. The first-order valence-electron chi connectivity index (χ1n) is 8.86. The number of rotatable bonds is 9. The minimum absolute atomic E-state index is 0.0954. The lowest BCUT2D eigenvalue weighted by atomic mass is 10.2. The Balaban J connectivity index is 3.00. The molecule has 0 saturated carbocycles. The van der Waals surface area contributed by atoms with Crippen molar-refractivity contribution in [2.24, 2.45) is 11.7 Å². The predicted molar refractivity (Wildman–Crippen MR) is 97.6 cm³/mol. The molecule has 1 aromatic heterocycles. The molecule has 1 aromatic rings. The fourth-order valence-corrected chi connectivity index (χ4v) is 1.93. The maximum atomic E-state index is 12.3. The zero-order valence-corrected chi connectivity index (χ0v) is 16.1. The SMILES string of the molecule is CCC(CC)OC(=O)c1cnc(OC(=O)NC(=O)CN)c(OCC(C)C)c1. The van der Waals surface area contributed by atoms with Crippen LogP contribution in [0.4, 0.5) is 4.79 Å². The Morgan fingerprint density at radius 1 is 1.22 bits per heavy atom. The number of imide groups is 1. The molecule has 1 rings (SSSR count). The van der Waals surface area contributed by atoms with Crippen molar-refractivity contribution in [3.63, 3.8) is 0 Å². The van der Waals surface area contributed by atoms with Gasteiger partial charge in [0, 0.05) is 12.3 Å². The van der Waals surface area contributed by atoms with Crippen LogP contribution in [0.15, 0.2) is 12.3 Å². The molecular formula is C18H27N3O6. The molecule has 0 atom stereocenters. The largest absolute Gasteiger partial charge is 0.488 e. The van der Waals surface area contributed by atoms with Gasteiger partial charge >= 0.3 is 12.1 Å². The summed E-state index contributed by atoms with van der Waals surface area (Å²) in [6.07, 6.45) is 1.38. The van der Waals surface area contributed by atoms with Gasteiger partial charge in [0.1, 0.15) is 6.10 Å². The zero-order chi connectivity index (χ0) is 20.4. The van der Waals surface area contributed by atoms with Crippen molar-refractivity contribution >= 4 is 18.0 Å². The molecule has 0 radical (unpaired) electrons. The van der Waals surface area contributed by atoms with Gasteiger partial charge in [0.2, 0.25) is 5.91 Å². The van der Waals surface area contributed by atoms with Gasteiger partial charge in [0.15, 0.2) is 5.75 Å². The second-order valence-corrected chi connectivity index (χ2v) is 6.22. The van der Waals surface area contributed by atoms with Crippen LogP contribution >= 0.6 is 0 Å². The third kappa shape index (κ3) is 7.61. The summed E-state index contributed by atoms with van der Waals surface area (Å²) in [5, 5.41) is 1.94. The molecule has 0 aliphatic rings. The molecule has 0 fully saturated rings.